The monoisotopic (exact) mass is 378 g/mol. The van der Waals surface area contributed by atoms with E-state index < -0.39 is 10.0 Å². The maximum absolute atomic E-state index is 12.4. The first-order chi connectivity index (χ1) is 10.5. The van der Waals surface area contributed by atoms with Gasteiger partial charge < -0.3 is 0 Å². The molecule has 0 saturated carbocycles. The molecule has 0 aromatic heterocycles. The summed E-state index contributed by atoms with van der Waals surface area (Å²) < 4.78 is 28.4. The Bertz CT molecular complexity index is 843. The fourth-order valence-electron chi connectivity index (χ4n) is 2.35. The van der Waals surface area contributed by atoms with Gasteiger partial charge in [-0.1, -0.05) is 45.8 Å². The summed E-state index contributed by atoms with van der Waals surface area (Å²) in [6.07, 6.45) is 0.474. The van der Waals surface area contributed by atoms with E-state index in [0.717, 1.165) is 21.2 Å². The summed E-state index contributed by atoms with van der Waals surface area (Å²) in [6.45, 7) is 2.41. The molecule has 22 heavy (non-hydrogen) atoms. The lowest BCUT2D eigenvalue weighted by Gasteiger charge is -2.18. The molecule has 0 fully saturated rings. The third-order valence-corrected chi connectivity index (χ3v) is 5.72. The topological polar surface area (TPSA) is 58.5 Å². The summed E-state index contributed by atoms with van der Waals surface area (Å²) in [6, 6.07) is 12.7. The standard InChI is InChI=1S/C16H15BrN2O2S/c1-11-5-7-13(8-6-11)22(20,21)19-16-9-14-12(10-18-16)3-2-4-15(14)17/h2-8H,9-10H2,1H3,(H,18,19). The summed E-state index contributed by atoms with van der Waals surface area (Å²) in [4.78, 5) is 4.59. The van der Waals surface area contributed by atoms with Crippen LogP contribution in [0.3, 0.4) is 0 Å². The summed E-state index contributed by atoms with van der Waals surface area (Å²) in [7, 11) is -3.59. The lowest BCUT2D eigenvalue weighted by Crippen LogP contribution is -2.34. The number of aryl methyl sites for hydroxylation is 1. The van der Waals surface area contributed by atoms with Gasteiger partial charge in [0.15, 0.2) is 0 Å². The predicted octanol–water partition coefficient (Wildman–Crippen LogP) is 3.19. The van der Waals surface area contributed by atoms with Crippen molar-refractivity contribution < 1.29 is 8.42 Å². The molecule has 0 unspecified atom stereocenters. The highest BCUT2D eigenvalue weighted by atomic mass is 79.9. The smallest absolute Gasteiger partial charge is 0.262 e. The Balaban J connectivity index is 1.84. The number of hydrogen-bond acceptors (Lipinski definition) is 3. The number of benzene rings is 2. The van der Waals surface area contributed by atoms with E-state index in [1.165, 1.54) is 0 Å². The molecule has 0 atom stereocenters. The van der Waals surface area contributed by atoms with E-state index in [9.17, 15) is 8.42 Å². The molecule has 1 heterocycles. The SMILES string of the molecule is Cc1ccc(S(=O)(=O)NC2=NCc3cccc(Br)c3C2)cc1. The quantitative estimate of drug-likeness (QED) is 0.871. The number of aliphatic imine (C=N–C) groups is 1. The van der Waals surface area contributed by atoms with Gasteiger partial charge in [0.2, 0.25) is 0 Å². The maximum atomic E-state index is 12.4. The zero-order chi connectivity index (χ0) is 15.7. The average Bonchev–Trinajstić information content (AvgIpc) is 2.48. The molecule has 0 aliphatic carbocycles. The van der Waals surface area contributed by atoms with Gasteiger partial charge in [-0.25, -0.2) is 8.42 Å². The van der Waals surface area contributed by atoms with Crippen LogP contribution in [-0.2, 0) is 23.0 Å². The fraction of sp³-hybridized carbons (Fsp3) is 0.188. The molecule has 3 rings (SSSR count). The molecule has 0 radical (unpaired) electrons. The normalized spacial score (nSPS) is 14.2. The van der Waals surface area contributed by atoms with Crippen LogP contribution in [0.2, 0.25) is 0 Å². The first kappa shape index (κ1) is 15.2. The van der Waals surface area contributed by atoms with Gasteiger partial charge in [-0.2, -0.15) is 0 Å². The summed E-state index contributed by atoms with van der Waals surface area (Å²) in [5, 5.41) is 0. The van der Waals surface area contributed by atoms with Crippen LogP contribution in [0.4, 0.5) is 0 Å². The molecule has 1 aliphatic heterocycles. The van der Waals surface area contributed by atoms with Crippen LogP contribution >= 0.6 is 15.9 Å². The van der Waals surface area contributed by atoms with Crippen molar-refractivity contribution in [2.24, 2.45) is 4.99 Å². The molecule has 2 aromatic rings. The molecule has 2 aromatic carbocycles. The minimum absolute atomic E-state index is 0.249. The zero-order valence-corrected chi connectivity index (χ0v) is 14.4. The van der Waals surface area contributed by atoms with Gasteiger partial charge in [-0.15, -0.1) is 0 Å². The highest BCUT2D eigenvalue weighted by molar-refractivity contribution is 9.10. The highest BCUT2D eigenvalue weighted by Crippen LogP contribution is 2.25. The van der Waals surface area contributed by atoms with E-state index in [1.807, 2.05) is 25.1 Å². The molecule has 1 N–H and O–H groups in total. The number of nitrogens with zero attached hydrogens (tertiary/aromatic N) is 1. The van der Waals surface area contributed by atoms with Gasteiger partial charge in [-0.3, -0.25) is 9.71 Å². The predicted molar refractivity (Wildman–Crippen MR) is 90.5 cm³/mol. The van der Waals surface area contributed by atoms with Gasteiger partial charge in [0.05, 0.1) is 11.4 Å². The third kappa shape index (κ3) is 3.08. The Morgan fingerprint density at radius 1 is 1.14 bits per heavy atom. The second kappa shape index (κ2) is 5.85. The molecule has 0 saturated heterocycles. The molecule has 0 spiro atoms. The van der Waals surface area contributed by atoms with Crippen molar-refractivity contribution in [2.75, 3.05) is 0 Å². The van der Waals surface area contributed by atoms with E-state index in [0.29, 0.717) is 18.8 Å². The van der Waals surface area contributed by atoms with E-state index >= 15 is 0 Å². The second-order valence-corrected chi connectivity index (χ2v) is 7.77. The molecule has 0 amide bonds. The van der Waals surface area contributed by atoms with Crippen molar-refractivity contribution in [3.8, 4) is 0 Å². The highest BCUT2D eigenvalue weighted by Gasteiger charge is 2.20. The molecule has 114 valence electrons. The Labute approximate surface area is 138 Å². The fourth-order valence-corrected chi connectivity index (χ4v) is 3.96. The Hall–Kier alpha value is -1.66. The maximum Gasteiger partial charge on any atom is 0.262 e. The van der Waals surface area contributed by atoms with E-state index in [1.54, 1.807) is 24.3 Å². The van der Waals surface area contributed by atoms with Crippen molar-refractivity contribution in [1.82, 2.24) is 4.72 Å². The summed E-state index contributed by atoms with van der Waals surface area (Å²) in [5.41, 5.74) is 3.22. The number of sulfonamides is 1. The number of halogens is 1. The molecule has 4 nitrogen and oxygen atoms in total. The lowest BCUT2D eigenvalue weighted by atomic mass is 10.0. The number of rotatable bonds is 2. The van der Waals surface area contributed by atoms with Crippen LogP contribution in [0, 0.1) is 6.92 Å². The second-order valence-electron chi connectivity index (χ2n) is 5.24. The number of fused-ring (bicyclic) bond motifs is 1. The lowest BCUT2D eigenvalue weighted by molar-refractivity contribution is 0.592. The number of nitrogens with one attached hydrogen (secondary N) is 1. The minimum Gasteiger partial charge on any atom is -0.267 e. The van der Waals surface area contributed by atoms with Gasteiger partial charge >= 0.3 is 0 Å². The van der Waals surface area contributed by atoms with Gasteiger partial charge in [0.1, 0.15) is 5.84 Å². The van der Waals surface area contributed by atoms with E-state index in [-0.39, 0.29) is 4.90 Å². The minimum atomic E-state index is -3.59. The third-order valence-electron chi connectivity index (χ3n) is 3.58. The van der Waals surface area contributed by atoms with E-state index in [2.05, 4.69) is 25.6 Å². The number of hydrogen-bond donors (Lipinski definition) is 1. The van der Waals surface area contributed by atoms with Crippen LogP contribution < -0.4 is 4.72 Å². The molecular weight excluding hydrogens is 364 g/mol. The van der Waals surface area contributed by atoms with E-state index in [4.69, 9.17) is 0 Å². The van der Waals surface area contributed by atoms with Gasteiger partial charge in [0, 0.05) is 10.9 Å². The first-order valence-electron chi connectivity index (χ1n) is 6.85. The van der Waals surface area contributed by atoms with Crippen molar-refractivity contribution in [1.29, 1.82) is 0 Å². The van der Waals surface area contributed by atoms with Crippen molar-refractivity contribution in [3.05, 3.63) is 63.6 Å². The molecule has 6 heteroatoms. The van der Waals surface area contributed by atoms with Crippen LogP contribution in [-0.4, -0.2) is 14.3 Å². The Kier molecular flexibility index (Phi) is 4.06. The van der Waals surface area contributed by atoms with Crippen molar-refractivity contribution in [2.45, 2.75) is 24.8 Å². The Morgan fingerprint density at radius 2 is 1.86 bits per heavy atom. The first-order valence-corrected chi connectivity index (χ1v) is 9.12. The van der Waals surface area contributed by atoms with Crippen molar-refractivity contribution >= 4 is 31.8 Å². The number of amidine groups is 1. The molecule has 1 aliphatic rings. The van der Waals surface area contributed by atoms with Crippen LogP contribution in [0.1, 0.15) is 16.7 Å². The summed E-state index contributed by atoms with van der Waals surface area (Å²) >= 11 is 3.51. The van der Waals surface area contributed by atoms with Crippen LogP contribution in [0.15, 0.2) is 56.8 Å². The molecular formula is C16H15BrN2O2S. The van der Waals surface area contributed by atoms with Gasteiger partial charge in [-0.05, 0) is 36.2 Å². The Morgan fingerprint density at radius 3 is 2.59 bits per heavy atom. The van der Waals surface area contributed by atoms with Crippen molar-refractivity contribution in [3.63, 3.8) is 0 Å². The zero-order valence-electron chi connectivity index (χ0n) is 12.0. The molecule has 0 bridgehead atoms. The average molecular weight is 379 g/mol. The van der Waals surface area contributed by atoms with Crippen LogP contribution in [0.25, 0.3) is 0 Å². The largest absolute Gasteiger partial charge is 0.267 e. The van der Waals surface area contributed by atoms with Crippen LogP contribution in [0.5, 0.6) is 0 Å². The summed E-state index contributed by atoms with van der Waals surface area (Å²) in [5.74, 6) is 0.472. The van der Waals surface area contributed by atoms with Gasteiger partial charge in [0.25, 0.3) is 10.0 Å².